The number of aliphatic hydroxyl groups is 1. The molecule has 0 saturated carbocycles. The number of pyridine rings is 1. The van der Waals surface area contributed by atoms with E-state index >= 15 is 0 Å². The fourth-order valence-corrected chi connectivity index (χ4v) is 4.01. The van der Waals surface area contributed by atoms with Crippen LogP contribution in [-0.2, 0) is 6.54 Å². The van der Waals surface area contributed by atoms with Gasteiger partial charge in [-0.25, -0.2) is 19.0 Å². The Morgan fingerprint density at radius 3 is 2.56 bits per heavy atom. The summed E-state index contributed by atoms with van der Waals surface area (Å²) in [5, 5.41) is 16.7. The number of alkyl halides is 3. The van der Waals surface area contributed by atoms with Crippen molar-refractivity contribution >= 4 is 16.9 Å². The Balaban J connectivity index is 1.48. The number of para-hydroxylation sites is 1. The molecule has 9 nitrogen and oxygen atoms in total. The van der Waals surface area contributed by atoms with Crippen molar-refractivity contribution < 1.29 is 27.4 Å². The molecule has 3 heterocycles. The standard InChI is InChI=1S/C26H20F4N6O3/c27-21-3-1-2-20-23(34-36(24(20)21)18-4-6-19(7-5-18)39-26(28,29)30)16-9-12-35(22(38)14-16)15-17-8-10-31-25(33-17)32-11-13-37/h1-10,12,14,37H,11,13,15H2,(H,31,32,33). The highest BCUT2D eigenvalue weighted by Gasteiger charge is 2.31. The third-order valence-corrected chi connectivity index (χ3v) is 5.68. The molecule has 0 aliphatic rings. The van der Waals surface area contributed by atoms with E-state index in [2.05, 4.69) is 25.1 Å². The topological polar surface area (TPSA) is 107 Å². The first-order chi connectivity index (χ1) is 18.7. The van der Waals surface area contributed by atoms with Gasteiger partial charge in [-0.15, -0.1) is 13.2 Å². The third-order valence-electron chi connectivity index (χ3n) is 5.68. The molecule has 0 bridgehead atoms. The van der Waals surface area contributed by atoms with Gasteiger partial charge in [-0.3, -0.25) is 4.79 Å². The van der Waals surface area contributed by atoms with Crippen LogP contribution in [0.4, 0.5) is 23.5 Å². The second-order valence-corrected chi connectivity index (χ2v) is 8.34. The summed E-state index contributed by atoms with van der Waals surface area (Å²) < 4.78 is 59.1. The lowest BCUT2D eigenvalue weighted by Gasteiger charge is -2.10. The summed E-state index contributed by atoms with van der Waals surface area (Å²) in [4.78, 5) is 21.3. The monoisotopic (exact) mass is 540 g/mol. The lowest BCUT2D eigenvalue weighted by atomic mass is 10.1. The van der Waals surface area contributed by atoms with Crippen LogP contribution < -0.4 is 15.6 Å². The summed E-state index contributed by atoms with van der Waals surface area (Å²) in [6.07, 6.45) is -1.74. The van der Waals surface area contributed by atoms with Gasteiger partial charge in [0, 0.05) is 36.0 Å². The molecule has 3 aromatic heterocycles. The van der Waals surface area contributed by atoms with Crippen molar-refractivity contribution in [2.24, 2.45) is 0 Å². The normalized spacial score (nSPS) is 11.6. The molecule has 0 fully saturated rings. The molecule has 0 saturated heterocycles. The van der Waals surface area contributed by atoms with Crippen LogP contribution in [0.1, 0.15) is 5.69 Å². The van der Waals surface area contributed by atoms with Crippen molar-refractivity contribution in [2.75, 3.05) is 18.5 Å². The minimum atomic E-state index is -4.84. The fraction of sp³-hybridized carbons (Fsp3) is 0.154. The van der Waals surface area contributed by atoms with Crippen molar-refractivity contribution in [1.29, 1.82) is 0 Å². The van der Waals surface area contributed by atoms with Crippen LogP contribution >= 0.6 is 0 Å². The fourth-order valence-electron chi connectivity index (χ4n) is 4.01. The summed E-state index contributed by atoms with van der Waals surface area (Å²) in [5.41, 5.74) is 1.36. The van der Waals surface area contributed by atoms with Gasteiger partial charge >= 0.3 is 6.36 Å². The molecule has 200 valence electrons. The zero-order chi connectivity index (χ0) is 27.6. The number of hydrogen-bond acceptors (Lipinski definition) is 7. The summed E-state index contributed by atoms with van der Waals surface area (Å²) in [6.45, 7) is 0.358. The maximum Gasteiger partial charge on any atom is 0.573 e. The molecular weight excluding hydrogens is 520 g/mol. The minimum absolute atomic E-state index is 0.0827. The molecule has 0 aliphatic carbocycles. The summed E-state index contributed by atoms with van der Waals surface area (Å²) >= 11 is 0. The van der Waals surface area contributed by atoms with Gasteiger partial charge in [0.25, 0.3) is 5.56 Å². The average molecular weight is 540 g/mol. The van der Waals surface area contributed by atoms with E-state index in [4.69, 9.17) is 5.11 Å². The first kappa shape index (κ1) is 25.9. The molecule has 0 amide bonds. The third kappa shape index (κ3) is 5.72. The van der Waals surface area contributed by atoms with Crippen LogP contribution in [0.25, 0.3) is 27.8 Å². The average Bonchev–Trinajstić information content (AvgIpc) is 3.29. The number of halogens is 4. The number of aliphatic hydroxyl groups excluding tert-OH is 1. The van der Waals surface area contributed by atoms with Crippen molar-refractivity contribution in [2.45, 2.75) is 12.9 Å². The van der Waals surface area contributed by atoms with Gasteiger partial charge in [0.15, 0.2) is 0 Å². The van der Waals surface area contributed by atoms with Gasteiger partial charge in [-0.1, -0.05) is 12.1 Å². The van der Waals surface area contributed by atoms with E-state index in [1.54, 1.807) is 24.4 Å². The van der Waals surface area contributed by atoms with Crippen molar-refractivity contribution in [3.63, 3.8) is 0 Å². The van der Waals surface area contributed by atoms with Gasteiger partial charge in [-0.05, 0) is 42.5 Å². The zero-order valence-electron chi connectivity index (χ0n) is 20.1. The van der Waals surface area contributed by atoms with E-state index in [9.17, 15) is 22.4 Å². The molecule has 2 aromatic carbocycles. The number of aromatic nitrogens is 5. The van der Waals surface area contributed by atoms with Gasteiger partial charge in [-0.2, -0.15) is 5.10 Å². The maximum atomic E-state index is 14.9. The molecule has 2 N–H and O–H groups in total. The van der Waals surface area contributed by atoms with Crippen LogP contribution in [0.15, 0.2) is 77.9 Å². The van der Waals surface area contributed by atoms with E-state index in [-0.39, 0.29) is 30.8 Å². The van der Waals surface area contributed by atoms with Gasteiger partial charge in [0.05, 0.1) is 24.5 Å². The number of hydrogen-bond donors (Lipinski definition) is 2. The van der Waals surface area contributed by atoms with Crippen LogP contribution in [0, 0.1) is 5.82 Å². The summed E-state index contributed by atoms with van der Waals surface area (Å²) in [6, 6.07) is 13.9. The molecule has 0 aliphatic heterocycles. The van der Waals surface area contributed by atoms with Gasteiger partial charge in [0.2, 0.25) is 5.95 Å². The maximum absolute atomic E-state index is 14.9. The van der Waals surface area contributed by atoms with Crippen LogP contribution in [0.5, 0.6) is 5.75 Å². The first-order valence-corrected chi connectivity index (χ1v) is 11.6. The van der Waals surface area contributed by atoms with E-state index < -0.39 is 17.9 Å². The smallest absolute Gasteiger partial charge is 0.406 e. The SMILES string of the molecule is O=c1cc(-c2nn(-c3ccc(OC(F)(F)F)cc3)c3c(F)cccc23)ccn1Cc1ccnc(NCCO)n1. The van der Waals surface area contributed by atoms with E-state index in [1.165, 1.54) is 45.8 Å². The Kier molecular flexibility index (Phi) is 6.98. The molecule has 0 radical (unpaired) electrons. The Hall–Kier alpha value is -4.78. The van der Waals surface area contributed by atoms with Gasteiger partial charge < -0.3 is 19.7 Å². The van der Waals surface area contributed by atoms with Crippen molar-refractivity contribution in [3.05, 3.63) is 94.9 Å². The van der Waals surface area contributed by atoms with Crippen LogP contribution in [-0.4, -0.2) is 48.9 Å². The lowest BCUT2D eigenvalue weighted by molar-refractivity contribution is -0.274. The van der Waals surface area contributed by atoms with Crippen LogP contribution in [0.3, 0.4) is 0 Å². The summed E-state index contributed by atoms with van der Waals surface area (Å²) in [7, 11) is 0. The molecule has 0 spiro atoms. The number of benzene rings is 2. The molecule has 5 rings (SSSR count). The number of fused-ring (bicyclic) bond motifs is 1. The minimum Gasteiger partial charge on any atom is -0.406 e. The second kappa shape index (κ2) is 10.5. The number of anilines is 1. The van der Waals surface area contributed by atoms with E-state index in [0.29, 0.717) is 34.0 Å². The molecule has 13 heteroatoms. The molecule has 5 aromatic rings. The highest BCUT2D eigenvalue weighted by molar-refractivity contribution is 5.94. The highest BCUT2D eigenvalue weighted by Crippen LogP contribution is 2.32. The van der Waals surface area contributed by atoms with E-state index in [0.717, 1.165) is 12.1 Å². The van der Waals surface area contributed by atoms with Crippen molar-refractivity contribution in [3.8, 4) is 22.7 Å². The predicted octanol–water partition coefficient (Wildman–Crippen LogP) is 4.13. The van der Waals surface area contributed by atoms with E-state index in [1.807, 2.05) is 0 Å². The summed E-state index contributed by atoms with van der Waals surface area (Å²) in [5.74, 6) is -0.695. The highest BCUT2D eigenvalue weighted by atomic mass is 19.4. The Bertz CT molecular complexity index is 1680. The zero-order valence-corrected chi connectivity index (χ0v) is 20.1. The first-order valence-electron chi connectivity index (χ1n) is 11.6. The van der Waals surface area contributed by atoms with Crippen molar-refractivity contribution in [1.82, 2.24) is 24.3 Å². The Labute approximate surface area is 218 Å². The number of nitrogens with one attached hydrogen (secondary N) is 1. The number of ether oxygens (including phenoxy) is 1. The predicted molar refractivity (Wildman–Crippen MR) is 134 cm³/mol. The van der Waals surface area contributed by atoms with Crippen LogP contribution in [0.2, 0.25) is 0 Å². The Morgan fingerprint density at radius 1 is 1.05 bits per heavy atom. The quantitative estimate of drug-likeness (QED) is 0.285. The second-order valence-electron chi connectivity index (χ2n) is 8.34. The molecular formula is C26H20F4N6O3. The van der Waals surface area contributed by atoms with Gasteiger partial charge in [0.1, 0.15) is 22.8 Å². The Morgan fingerprint density at radius 2 is 1.85 bits per heavy atom. The lowest BCUT2D eigenvalue weighted by Crippen LogP contribution is -2.20. The molecule has 0 unspecified atom stereocenters. The largest absolute Gasteiger partial charge is 0.573 e. The number of rotatable bonds is 8. The molecule has 0 atom stereocenters. The molecule has 39 heavy (non-hydrogen) atoms. The number of nitrogens with zero attached hydrogens (tertiary/aromatic N) is 5.